The molecule has 0 aliphatic carbocycles. The molecule has 4 heteroatoms. The van der Waals surface area contributed by atoms with Gasteiger partial charge in [0.25, 0.3) is 5.91 Å². The van der Waals surface area contributed by atoms with Crippen LogP contribution in [0.5, 0.6) is 0 Å². The number of carbonyl (C=O) groups is 1. The molecule has 4 nitrogen and oxygen atoms in total. The third-order valence-corrected chi connectivity index (χ3v) is 1.96. The van der Waals surface area contributed by atoms with E-state index >= 15 is 0 Å². The zero-order valence-corrected chi connectivity index (χ0v) is 8.86. The summed E-state index contributed by atoms with van der Waals surface area (Å²) in [5, 5.41) is 0. The van der Waals surface area contributed by atoms with Gasteiger partial charge in [0.1, 0.15) is 0 Å². The fraction of sp³-hybridized carbons (Fsp3) is 0.500. The Morgan fingerprint density at radius 1 is 1.36 bits per heavy atom. The minimum atomic E-state index is -0.0724. The van der Waals surface area contributed by atoms with E-state index in [0.717, 1.165) is 6.54 Å². The zero-order chi connectivity index (χ0) is 10.6. The first-order valence-electron chi connectivity index (χ1n) is 4.55. The molecular weight excluding hydrogens is 180 g/mol. The number of likely N-dealkylation sites (N-methyl/N-ethyl adjacent to an activating group) is 2. The van der Waals surface area contributed by atoms with Crippen LogP contribution in [-0.2, 0) is 0 Å². The number of carbonyl (C=O) groups excluding carboxylic acids is 1. The number of rotatable bonds is 4. The minimum absolute atomic E-state index is 0.0724. The topological polar surface area (TPSA) is 36.7 Å². The van der Waals surface area contributed by atoms with Crippen molar-refractivity contribution in [3.05, 3.63) is 24.2 Å². The van der Waals surface area contributed by atoms with Gasteiger partial charge in [-0.1, -0.05) is 0 Å². The predicted octanol–water partition coefficient (Wildman–Crippen LogP) is 0.913. The second-order valence-electron chi connectivity index (χ2n) is 3.51. The van der Waals surface area contributed by atoms with Gasteiger partial charge < -0.3 is 14.2 Å². The average Bonchev–Trinajstić information content (AvgIpc) is 2.65. The molecule has 0 N–H and O–H groups in total. The Kier molecular flexibility index (Phi) is 3.71. The van der Waals surface area contributed by atoms with Crippen molar-refractivity contribution in [2.75, 3.05) is 34.2 Å². The van der Waals surface area contributed by atoms with Crippen molar-refractivity contribution in [1.82, 2.24) is 9.80 Å². The molecule has 0 unspecified atom stereocenters. The van der Waals surface area contributed by atoms with Crippen LogP contribution in [0.2, 0.25) is 0 Å². The first-order valence-corrected chi connectivity index (χ1v) is 4.55. The summed E-state index contributed by atoms with van der Waals surface area (Å²) in [6.45, 7) is 1.55. The van der Waals surface area contributed by atoms with E-state index in [0.29, 0.717) is 12.3 Å². The lowest BCUT2D eigenvalue weighted by Gasteiger charge is -2.18. The first kappa shape index (κ1) is 10.8. The van der Waals surface area contributed by atoms with Crippen molar-refractivity contribution in [3.8, 4) is 0 Å². The Morgan fingerprint density at radius 2 is 2.07 bits per heavy atom. The smallest absolute Gasteiger partial charge is 0.289 e. The Balaban J connectivity index is 2.45. The van der Waals surface area contributed by atoms with E-state index < -0.39 is 0 Å². The van der Waals surface area contributed by atoms with E-state index in [-0.39, 0.29) is 5.91 Å². The number of hydrogen-bond donors (Lipinski definition) is 0. The number of furan rings is 1. The highest BCUT2D eigenvalue weighted by molar-refractivity contribution is 5.91. The largest absolute Gasteiger partial charge is 0.459 e. The van der Waals surface area contributed by atoms with E-state index in [1.165, 1.54) is 6.26 Å². The van der Waals surface area contributed by atoms with Crippen LogP contribution in [0, 0.1) is 0 Å². The van der Waals surface area contributed by atoms with Crippen molar-refractivity contribution in [1.29, 1.82) is 0 Å². The summed E-state index contributed by atoms with van der Waals surface area (Å²) >= 11 is 0. The van der Waals surface area contributed by atoms with Gasteiger partial charge in [0, 0.05) is 20.1 Å². The SMILES string of the molecule is CN(C)CCN(C)C(=O)c1ccco1. The van der Waals surface area contributed by atoms with Gasteiger partial charge in [0.05, 0.1) is 6.26 Å². The molecule has 1 aromatic rings. The summed E-state index contributed by atoms with van der Waals surface area (Å²) < 4.78 is 5.02. The van der Waals surface area contributed by atoms with Crippen LogP contribution in [0.25, 0.3) is 0 Å². The molecule has 0 spiro atoms. The van der Waals surface area contributed by atoms with Crippen LogP contribution >= 0.6 is 0 Å². The van der Waals surface area contributed by atoms with Gasteiger partial charge in [-0.25, -0.2) is 0 Å². The lowest BCUT2D eigenvalue weighted by molar-refractivity contribution is 0.0755. The van der Waals surface area contributed by atoms with Crippen molar-refractivity contribution in [2.24, 2.45) is 0 Å². The molecule has 0 aromatic carbocycles. The summed E-state index contributed by atoms with van der Waals surface area (Å²) in [6, 6.07) is 3.39. The van der Waals surface area contributed by atoms with Gasteiger partial charge in [0.2, 0.25) is 0 Å². The molecule has 1 amide bonds. The fourth-order valence-corrected chi connectivity index (χ4v) is 1.04. The maximum Gasteiger partial charge on any atom is 0.289 e. The second-order valence-corrected chi connectivity index (χ2v) is 3.51. The quantitative estimate of drug-likeness (QED) is 0.718. The Bertz CT molecular complexity index is 280. The van der Waals surface area contributed by atoms with Crippen molar-refractivity contribution >= 4 is 5.91 Å². The van der Waals surface area contributed by atoms with Gasteiger partial charge in [-0.2, -0.15) is 0 Å². The summed E-state index contributed by atoms with van der Waals surface area (Å²) in [6.07, 6.45) is 1.51. The Hall–Kier alpha value is -1.29. The van der Waals surface area contributed by atoms with Gasteiger partial charge in [-0.3, -0.25) is 4.79 Å². The minimum Gasteiger partial charge on any atom is -0.459 e. The third kappa shape index (κ3) is 2.88. The van der Waals surface area contributed by atoms with Crippen LogP contribution in [0.1, 0.15) is 10.6 Å². The number of hydrogen-bond acceptors (Lipinski definition) is 3. The summed E-state index contributed by atoms with van der Waals surface area (Å²) in [5.74, 6) is 0.322. The van der Waals surface area contributed by atoms with Crippen molar-refractivity contribution in [2.45, 2.75) is 0 Å². The Morgan fingerprint density at radius 3 is 2.57 bits per heavy atom. The summed E-state index contributed by atoms with van der Waals surface area (Å²) in [7, 11) is 5.73. The highest BCUT2D eigenvalue weighted by Crippen LogP contribution is 2.03. The molecular formula is C10H16N2O2. The van der Waals surface area contributed by atoms with E-state index in [4.69, 9.17) is 4.42 Å². The molecule has 1 rings (SSSR count). The van der Waals surface area contributed by atoms with Crippen molar-refractivity contribution in [3.63, 3.8) is 0 Å². The summed E-state index contributed by atoms with van der Waals surface area (Å²) in [4.78, 5) is 15.3. The molecule has 0 bridgehead atoms. The van der Waals surface area contributed by atoms with Crippen LogP contribution in [0.15, 0.2) is 22.8 Å². The van der Waals surface area contributed by atoms with Gasteiger partial charge in [0.15, 0.2) is 5.76 Å². The highest BCUT2D eigenvalue weighted by atomic mass is 16.3. The monoisotopic (exact) mass is 196 g/mol. The van der Waals surface area contributed by atoms with E-state index in [9.17, 15) is 4.79 Å². The van der Waals surface area contributed by atoms with E-state index in [1.807, 2.05) is 19.0 Å². The lowest BCUT2D eigenvalue weighted by atomic mass is 10.4. The second kappa shape index (κ2) is 4.81. The molecule has 0 saturated heterocycles. The molecule has 0 radical (unpaired) electrons. The predicted molar refractivity (Wildman–Crippen MR) is 54.2 cm³/mol. The molecule has 0 saturated carbocycles. The fourth-order valence-electron chi connectivity index (χ4n) is 1.04. The molecule has 78 valence electrons. The van der Waals surface area contributed by atoms with Crippen LogP contribution in [-0.4, -0.2) is 49.9 Å². The van der Waals surface area contributed by atoms with Crippen LogP contribution in [0.4, 0.5) is 0 Å². The highest BCUT2D eigenvalue weighted by Gasteiger charge is 2.13. The summed E-state index contributed by atoms with van der Waals surface area (Å²) in [5.41, 5.74) is 0. The Labute approximate surface area is 84.1 Å². The third-order valence-electron chi connectivity index (χ3n) is 1.96. The van der Waals surface area contributed by atoms with E-state index in [1.54, 1.807) is 24.1 Å². The standard InChI is InChI=1S/C10H16N2O2/c1-11(2)6-7-12(3)10(13)9-5-4-8-14-9/h4-5,8H,6-7H2,1-3H3. The van der Waals surface area contributed by atoms with Crippen LogP contribution < -0.4 is 0 Å². The lowest BCUT2D eigenvalue weighted by Crippen LogP contribution is -2.33. The molecule has 14 heavy (non-hydrogen) atoms. The van der Waals surface area contributed by atoms with Gasteiger partial charge in [-0.05, 0) is 26.2 Å². The zero-order valence-electron chi connectivity index (χ0n) is 8.86. The molecule has 0 atom stereocenters. The van der Waals surface area contributed by atoms with E-state index in [2.05, 4.69) is 0 Å². The van der Waals surface area contributed by atoms with Crippen molar-refractivity contribution < 1.29 is 9.21 Å². The van der Waals surface area contributed by atoms with Crippen LogP contribution in [0.3, 0.4) is 0 Å². The normalized spacial score (nSPS) is 10.6. The molecule has 0 aliphatic rings. The molecule has 1 aromatic heterocycles. The molecule has 0 aliphatic heterocycles. The maximum atomic E-state index is 11.6. The molecule has 0 fully saturated rings. The number of nitrogens with zero attached hydrogens (tertiary/aromatic N) is 2. The average molecular weight is 196 g/mol. The maximum absolute atomic E-state index is 11.6. The number of amides is 1. The van der Waals surface area contributed by atoms with Gasteiger partial charge >= 0.3 is 0 Å². The molecule has 1 heterocycles. The van der Waals surface area contributed by atoms with Gasteiger partial charge in [-0.15, -0.1) is 0 Å². The first-order chi connectivity index (χ1) is 6.61.